The Hall–Kier alpha value is -0.380. The molecule has 0 heterocycles. The lowest BCUT2D eigenvalue weighted by atomic mass is 10.1. The topological polar surface area (TPSA) is 86.6 Å². The monoisotopic (exact) mass is 335 g/mol. The predicted octanol–water partition coefficient (Wildman–Crippen LogP) is 4.33. The second-order valence-electron chi connectivity index (χ2n) is 6.12. The van der Waals surface area contributed by atoms with Gasteiger partial charge < -0.3 is 15.1 Å². The Morgan fingerprint density at radius 3 is 1.73 bits per heavy atom. The summed E-state index contributed by atoms with van der Waals surface area (Å²) in [7, 11) is -4.21. The number of carbonyl (C=O) groups excluding carboxylic acids is 1. The van der Waals surface area contributed by atoms with Crippen molar-refractivity contribution in [3.05, 3.63) is 0 Å². The van der Waals surface area contributed by atoms with Crippen molar-refractivity contribution in [2.45, 2.75) is 96.7 Å². The van der Waals surface area contributed by atoms with Crippen LogP contribution in [0, 0.1) is 0 Å². The summed E-state index contributed by atoms with van der Waals surface area (Å²) >= 11 is 0. The second-order valence-corrected chi connectivity index (χ2v) is 8.07. The van der Waals surface area contributed by atoms with E-state index in [2.05, 4.69) is 12.2 Å². The fraction of sp³-hybridized carbons (Fsp3) is 0.938. The molecule has 0 rings (SSSR count). The highest BCUT2D eigenvalue weighted by atomic mass is 31.2. The van der Waals surface area contributed by atoms with Crippen LogP contribution in [0.5, 0.6) is 0 Å². The minimum absolute atomic E-state index is 0.272. The van der Waals surface area contributed by atoms with Crippen molar-refractivity contribution < 1.29 is 19.1 Å². The Balaban J connectivity index is 3.36. The van der Waals surface area contributed by atoms with Crippen molar-refractivity contribution in [1.29, 1.82) is 0 Å². The molecule has 0 aliphatic heterocycles. The number of amides is 1. The molecule has 0 saturated carbocycles. The maximum Gasteiger partial charge on any atom is 0.347 e. The molecule has 0 radical (unpaired) electrons. The number of hydrogen-bond donors (Lipinski definition) is 3. The van der Waals surface area contributed by atoms with Gasteiger partial charge in [0, 0.05) is 6.42 Å². The van der Waals surface area contributed by atoms with E-state index in [9.17, 15) is 9.36 Å². The number of carbonyl (C=O) groups is 1. The van der Waals surface area contributed by atoms with Crippen molar-refractivity contribution in [3.63, 3.8) is 0 Å². The lowest BCUT2D eigenvalue weighted by molar-refractivity contribution is -0.121. The van der Waals surface area contributed by atoms with E-state index in [1.54, 1.807) is 0 Å². The number of rotatable bonds is 14. The van der Waals surface area contributed by atoms with Gasteiger partial charge in [-0.2, -0.15) is 0 Å². The SMILES string of the molecule is CCCCCCCCCCCCCC(=O)N[C@H](C)P(=O)(O)O. The van der Waals surface area contributed by atoms with Gasteiger partial charge in [0.1, 0.15) is 5.78 Å². The molecule has 132 valence electrons. The van der Waals surface area contributed by atoms with Crippen molar-refractivity contribution >= 4 is 13.5 Å². The lowest BCUT2D eigenvalue weighted by Crippen LogP contribution is -2.32. The molecule has 6 heteroatoms. The highest BCUT2D eigenvalue weighted by Crippen LogP contribution is 2.39. The van der Waals surface area contributed by atoms with Crippen LogP contribution in [0.1, 0.15) is 90.9 Å². The predicted molar refractivity (Wildman–Crippen MR) is 90.7 cm³/mol. The van der Waals surface area contributed by atoms with E-state index < -0.39 is 13.4 Å². The zero-order valence-electron chi connectivity index (χ0n) is 14.2. The summed E-state index contributed by atoms with van der Waals surface area (Å²) in [6, 6.07) is 0. The van der Waals surface area contributed by atoms with E-state index in [-0.39, 0.29) is 5.91 Å². The molecule has 1 atom stereocenters. The number of unbranched alkanes of at least 4 members (excludes halogenated alkanes) is 10. The minimum atomic E-state index is -4.21. The Bertz CT molecular complexity index is 330. The standard InChI is InChI=1S/C16H34NO4P/c1-3-4-5-6-7-8-9-10-11-12-13-14-16(18)17-15(2)22(19,20)21/h15H,3-14H2,1-2H3,(H,17,18)(H2,19,20,21)/t15-/m0/s1. The van der Waals surface area contributed by atoms with Crippen LogP contribution < -0.4 is 5.32 Å². The zero-order valence-corrected chi connectivity index (χ0v) is 15.1. The van der Waals surface area contributed by atoms with Crippen LogP contribution in [0.15, 0.2) is 0 Å². The molecular formula is C16H34NO4P. The first-order valence-corrected chi connectivity index (χ1v) is 10.4. The first-order chi connectivity index (χ1) is 10.4. The third kappa shape index (κ3) is 13.3. The molecule has 0 aliphatic carbocycles. The second kappa shape index (κ2) is 13.1. The summed E-state index contributed by atoms with van der Waals surface area (Å²) in [5.41, 5.74) is 0. The first kappa shape index (κ1) is 21.6. The van der Waals surface area contributed by atoms with Gasteiger partial charge in [-0.1, -0.05) is 71.1 Å². The largest absolute Gasteiger partial charge is 0.347 e. The first-order valence-electron chi connectivity index (χ1n) is 8.72. The molecule has 1 amide bonds. The van der Waals surface area contributed by atoms with E-state index >= 15 is 0 Å². The van der Waals surface area contributed by atoms with E-state index in [4.69, 9.17) is 9.79 Å². The van der Waals surface area contributed by atoms with Crippen LogP contribution in [0.3, 0.4) is 0 Å². The summed E-state index contributed by atoms with van der Waals surface area (Å²) in [5.74, 6) is -1.36. The van der Waals surface area contributed by atoms with Crippen molar-refractivity contribution in [2.75, 3.05) is 0 Å². The third-order valence-electron chi connectivity index (χ3n) is 3.88. The molecule has 0 aromatic heterocycles. The van der Waals surface area contributed by atoms with Crippen molar-refractivity contribution in [2.24, 2.45) is 0 Å². The minimum Gasteiger partial charge on any atom is -0.342 e. The maximum atomic E-state index is 11.5. The molecule has 3 N–H and O–H groups in total. The smallest absolute Gasteiger partial charge is 0.342 e. The summed E-state index contributed by atoms with van der Waals surface area (Å²) in [4.78, 5) is 29.3. The highest BCUT2D eigenvalue weighted by Gasteiger charge is 2.24. The van der Waals surface area contributed by atoms with E-state index in [0.717, 1.165) is 19.3 Å². The molecule has 5 nitrogen and oxygen atoms in total. The summed E-state index contributed by atoms with van der Waals surface area (Å²) in [6.07, 6.45) is 13.8. The van der Waals surface area contributed by atoms with Gasteiger partial charge in [0.25, 0.3) is 0 Å². The van der Waals surface area contributed by atoms with Crippen LogP contribution >= 0.6 is 7.60 Å². The van der Waals surface area contributed by atoms with Gasteiger partial charge in [-0.25, -0.2) is 0 Å². The normalized spacial score (nSPS) is 13.1. The van der Waals surface area contributed by atoms with Gasteiger partial charge in [0.15, 0.2) is 0 Å². The van der Waals surface area contributed by atoms with Crippen LogP contribution in [0.25, 0.3) is 0 Å². The van der Waals surface area contributed by atoms with Gasteiger partial charge in [-0.05, 0) is 13.3 Å². The Kier molecular flexibility index (Phi) is 12.9. The summed E-state index contributed by atoms with van der Waals surface area (Å²) < 4.78 is 10.9. The van der Waals surface area contributed by atoms with E-state index in [1.165, 1.54) is 58.3 Å². The van der Waals surface area contributed by atoms with E-state index in [0.29, 0.717) is 6.42 Å². The Labute approximate surface area is 135 Å². The summed E-state index contributed by atoms with van der Waals surface area (Å²) in [6.45, 7) is 3.56. The summed E-state index contributed by atoms with van der Waals surface area (Å²) in [5, 5.41) is 2.35. The van der Waals surface area contributed by atoms with Gasteiger partial charge in [-0.3, -0.25) is 9.36 Å². The molecule has 0 aliphatic rings. The molecule has 22 heavy (non-hydrogen) atoms. The van der Waals surface area contributed by atoms with Gasteiger partial charge in [0.05, 0.1) is 0 Å². The maximum absolute atomic E-state index is 11.5. The molecule has 0 aromatic carbocycles. The lowest BCUT2D eigenvalue weighted by Gasteiger charge is -2.14. The van der Waals surface area contributed by atoms with Crippen LogP contribution in [-0.4, -0.2) is 21.5 Å². The fourth-order valence-corrected chi connectivity index (χ4v) is 2.65. The van der Waals surface area contributed by atoms with Gasteiger partial charge in [-0.15, -0.1) is 0 Å². The van der Waals surface area contributed by atoms with Crippen LogP contribution in [0.2, 0.25) is 0 Å². The van der Waals surface area contributed by atoms with Gasteiger partial charge >= 0.3 is 7.60 Å². The molecule has 0 saturated heterocycles. The van der Waals surface area contributed by atoms with Gasteiger partial charge in [0.2, 0.25) is 5.91 Å². The van der Waals surface area contributed by atoms with Crippen LogP contribution in [-0.2, 0) is 9.36 Å². The average molecular weight is 335 g/mol. The zero-order chi connectivity index (χ0) is 16.8. The molecule has 0 unspecified atom stereocenters. The number of nitrogens with one attached hydrogen (secondary N) is 1. The Morgan fingerprint density at radius 1 is 0.909 bits per heavy atom. The number of hydrogen-bond acceptors (Lipinski definition) is 2. The molecule has 0 spiro atoms. The quantitative estimate of drug-likeness (QED) is 0.326. The Morgan fingerprint density at radius 2 is 1.32 bits per heavy atom. The highest BCUT2D eigenvalue weighted by molar-refractivity contribution is 7.52. The molecule has 0 bridgehead atoms. The molecular weight excluding hydrogens is 301 g/mol. The average Bonchev–Trinajstić information content (AvgIpc) is 2.43. The van der Waals surface area contributed by atoms with E-state index in [1.807, 2.05) is 0 Å². The molecule has 0 aromatic rings. The van der Waals surface area contributed by atoms with Crippen LogP contribution in [0.4, 0.5) is 0 Å². The molecule has 0 fully saturated rings. The fourth-order valence-electron chi connectivity index (χ4n) is 2.34. The third-order valence-corrected chi connectivity index (χ3v) is 5.02. The van der Waals surface area contributed by atoms with Crippen molar-refractivity contribution in [1.82, 2.24) is 5.32 Å². The van der Waals surface area contributed by atoms with Crippen molar-refractivity contribution in [3.8, 4) is 0 Å².